The zero-order chi connectivity index (χ0) is 18.6. The van der Waals surface area contributed by atoms with E-state index in [-0.39, 0.29) is 0 Å². The zero-order valence-corrected chi connectivity index (χ0v) is 15.1. The van der Waals surface area contributed by atoms with Gasteiger partial charge in [0.05, 0.1) is 22.3 Å². The maximum absolute atomic E-state index is 12.5. The van der Waals surface area contributed by atoms with Crippen LogP contribution in [0.4, 0.5) is 11.4 Å². The van der Waals surface area contributed by atoms with Crippen molar-refractivity contribution in [2.45, 2.75) is 13.8 Å². The van der Waals surface area contributed by atoms with Crippen molar-refractivity contribution in [3.63, 3.8) is 0 Å². The molecule has 0 aliphatic heterocycles. The summed E-state index contributed by atoms with van der Waals surface area (Å²) in [4.78, 5) is 25.0. The zero-order valence-electron chi connectivity index (χ0n) is 13.6. The monoisotopic (exact) mass is 375 g/mol. The SMILES string of the molecule is CC(C)(C(=O)Nc1cccc(C#N)c1)C(=O)Nc1cc(Cl)ccc1Cl. The van der Waals surface area contributed by atoms with Crippen molar-refractivity contribution in [3.8, 4) is 6.07 Å². The molecule has 0 bridgehead atoms. The molecule has 5 nitrogen and oxygen atoms in total. The fourth-order valence-corrected chi connectivity index (χ4v) is 2.27. The van der Waals surface area contributed by atoms with E-state index >= 15 is 0 Å². The normalized spacial score (nSPS) is 10.7. The Bertz CT molecular complexity index is 873. The molecule has 0 heterocycles. The number of nitrogens with zero attached hydrogens (tertiary/aromatic N) is 1. The van der Waals surface area contributed by atoms with Crippen LogP contribution in [-0.4, -0.2) is 11.8 Å². The standard InChI is InChI=1S/C18H15Cl2N3O2/c1-18(2,16(24)22-13-5-3-4-11(8-13)10-21)17(25)23-15-9-12(19)6-7-14(15)20/h3-9H,1-2H3,(H,22,24)(H,23,25). The quantitative estimate of drug-likeness (QED) is 0.773. The number of halogens is 2. The van der Waals surface area contributed by atoms with Gasteiger partial charge in [-0.3, -0.25) is 9.59 Å². The average Bonchev–Trinajstić information content (AvgIpc) is 2.58. The Kier molecular flexibility index (Phi) is 5.68. The molecule has 2 amide bonds. The summed E-state index contributed by atoms with van der Waals surface area (Å²) in [6.07, 6.45) is 0. The highest BCUT2D eigenvalue weighted by molar-refractivity contribution is 6.36. The van der Waals surface area contributed by atoms with E-state index in [1.54, 1.807) is 30.3 Å². The molecule has 0 atom stereocenters. The van der Waals surface area contributed by atoms with Crippen molar-refractivity contribution in [2.24, 2.45) is 5.41 Å². The molecule has 7 heteroatoms. The Morgan fingerprint density at radius 2 is 1.72 bits per heavy atom. The Balaban J connectivity index is 2.15. The molecule has 0 aromatic heterocycles. The molecule has 0 aliphatic rings. The maximum atomic E-state index is 12.5. The summed E-state index contributed by atoms with van der Waals surface area (Å²) in [5.41, 5.74) is -0.211. The molecule has 0 radical (unpaired) electrons. The van der Waals surface area contributed by atoms with Crippen molar-refractivity contribution in [1.82, 2.24) is 0 Å². The van der Waals surface area contributed by atoms with Gasteiger partial charge >= 0.3 is 0 Å². The lowest BCUT2D eigenvalue weighted by molar-refractivity contribution is -0.135. The van der Waals surface area contributed by atoms with Crippen LogP contribution in [0.5, 0.6) is 0 Å². The van der Waals surface area contributed by atoms with E-state index < -0.39 is 17.2 Å². The number of rotatable bonds is 4. The molecular formula is C18H15Cl2N3O2. The van der Waals surface area contributed by atoms with E-state index in [1.807, 2.05) is 6.07 Å². The summed E-state index contributed by atoms with van der Waals surface area (Å²) in [6.45, 7) is 2.98. The first-order chi connectivity index (χ1) is 11.7. The third kappa shape index (κ3) is 4.50. The number of carbonyl (C=O) groups excluding carboxylic acids is 2. The van der Waals surface area contributed by atoms with Crippen molar-refractivity contribution in [1.29, 1.82) is 5.26 Å². The van der Waals surface area contributed by atoms with Crippen LogP contribution in [-0.2, 0) is 9.59 Å². The molecule has 0 spiro atoms. The topological polar surface area (TPSA) is 82.0 Å². The maximum Gasteiger partial charge on any atom is 0.239 e. The number of anilines is 2. The van der Waals surface area contributed by atoms with Crippen molar-refractivity contribution in [3.05, 3.63) is 58.1 Å². The second kappa shape index (κ2) is 7.56. The molecule has 2 aromatic carbocycles. The van der Waals surface area contributed by atoms with Crippen molar-refractivity contribution < 1.29 is 9.59 Å². The number of nitrogens with one attached hydrogen (secondary N) is 2. The molecule has 2 aromatic rings. The Morgan fingerprint density at radius 3 is 2.40 bits per heavy atom. The van der Waals surface area contributed by atoms with Crippen LogP contribution in [0.25, 0.3) is 0 Å². The molecule has 0 unspecified atom stereocenters. The first kappa shape index (κ1) is 18.8. The molecular weight excluding hydrogens is 361 g/mol. The van der Waals surface area contributed by atoms with Gasteiger partial charge in [-0.2, -0.15) is 5.26 Å². The van der Waals surface area contributed by atoms with Gasteiger partial charge in [-0.05, 0) is 50.2 Å². The van der Waals surface area contributed by atoms with Gasteiger partial charge in [0.15, 0.2) is 0 Å². The van der Waals surface area contributed by atoms with Crippen LogP contribution in [0.3, 0.4) is 0 Å². The summed E-state index contributed by atoms with van der Waals surface area (Å²) >= 11 is 11.9. The smallest absolute Gasteiger partial charge is 0.239 e. The molecule has 0 saturated heterocycles. The van der Waals surface area contributed by atoms with E-state index in [0.717, 1.165) is 0 Å². The second-order valence-corrected chi connectivity index (χ2v) is 6.69. The van der Waals surface area contributed by atoms with Gasteiger partial charge in [-0.15, -0.1) is 0 Å². The van der Waals surface area contributed by atoms with Gasteiger partial charge < -0.3 is 10.6 Å². The summed E-state index contributed by atoms with van der Waals surface area (Å²) in [5.74, 6) is -1.05. The highest BCUT2D eigenvalue weighted by Gasteiger charge is 2.36. The molecule has 0 aliphatic carbocycles. The summed E-state index contributed by atoms with van der Waals surface area (Å²) in [6, 6.07) is 13.1. The van der Waals surface area contributed by atoms with E-state index in [4.69, 9.17) is 28.5 Å². The van der Waals surface area contributed by atoms with Crippen LogP contribution in [0, 0.1) is 16.7 Å². The highest BCUT2D eigenvalue weighted by Crippen LogP contribution is 2.28. The van der Waals surface area contributed by atoms with E-state index in [1.165, 1.54) is 26.0 Å². The number of amides is 2. The van der Waals surface area contributed by atoms with Gasteiger partial charge in [0, 0.05) is 10.7 Å². The summed E-state index contributed by atoms with van der Waals surface area (Å²) in [5, 5.41) is 14.9. The number of benzene rings is 2. The van der Waals surface area contributed by atoms with Gasteiger partial charge in [-0.1, -0.05) is 29.3 Å². The van der Waals surface area contributed by atoms with E-state index in [2.05, 4.69) is 10.6 Å². The van der Waals surface area contributed by atoms with Crippen molar-refractivity contribution >= 4 is 46.4 Å². The Morgan fingerprint density at radius 1 is 1.04 bits per heavy atom. The van der Waals surface area contributed by atoms with Crippen LogP contribution < -0.4 is 10.6 Å². The number of nitriles is 1. The average molecular weight is 376 g/mol. The predicted molar refractivity (Wildman–Crippen MR) is 98.7 cm³/mol. The fraction of sp³-hybridized carbons (Fsp3) is 0.167. The molecule has 2 rings (SSSR count). The van der Waals surface area contributed by atoms with E-state index in [0.29, 0.717) is 27.0 Å². The van der Waals surface area contributed by atoms with Crippen LogP contribution in [0.2, 0.25) is 10.0 Å². The molecule has 25 heavy (non-hydrogen) atoms. The van der Waals surface area contributed by atoms with Gasteiger partial charge in [0.2, 0.25) is 11.8 Å². The molecule has 128 valence electrons. The van der Waals surface area contributed by atoms with Gasteiger partial charge in [-0.25, -0.2) is 0 Å². The van der Waals surface area contributed by atoms with Crippen LogP contribution >= 0.6 is 23.2 Å². The second-order valence-electron chi connectivity index (χ2n) is 5.85. The van der Waals surface area contributed by atoms with E-state index in [9.17, 15) is 9.59 Å². The molecule has 0 fully saturated rings. The third-order valence-corrected chi connectivity index (χ3v) is 4.13. The lowest BCUT2D eigenvalue weighted by atomic mass is 9.90. The van der Waals surface area contributed by atoms with Crippen LogP contribution in [0.1, 0.15) is 19.4 Å². The van der Waals surface area contributed by atoms with Gasteiger partial charge in [0.1, 0.15) is 5.41 Å². The number of carbonyl (C=O) groups is 2. The molecule has 0 saturated carbocycles. The van der Waals surface area contributed by atoms with Crippen molar-refractivity contribution in [2.75, 3.05) is 10.6 Å². The first-order valence-corrected chi connectivity index (χ1v) is 8.08. The minimum atomic E-state index is -1.38. The predicted octanol–water partition coefficient (Wildman–Crippen LogP) is 4.47. The minimum absolute atomic E-state index is 0.315. The number of hydrogen-bond acceptors (Lipinski definition) is 3. The van der Waals surface area contributed by atoms with Gasteiger partial charge in [0.25, 0.3) is 0 Å². The lowest BCUT2D eigenvalue weighted by Crippen LogP contribution is -2.41. The van der Waals surface area contributed by atoms with Crippen LogP contribution in [0.15, 0.2) is 42.5 Å². The highest BCUT2D eigenvalue weighted by atomic mass is 35.5. The largest absolute Gasteiger partial charge is 0.325 e. The summed E-state index contributed by atoms with van der Waals surface area (Å²) < 4.78 is 0. The fourth-order valence-electron chi connectivity index (χ4n) is 1.93. The number of hydrogen-bond donors (Lipinski definition) is 2. The Hall–Kier alpha value is -2.55. The third-order valence-electron chi connectivity index (χ3n) is 3.56. The lowest BCUT2D eigenvalue weighted by Gasteiger charge is -2.23. The summed E-state index contributed by atoms with van der Waals surface area (Å²) in [7, 11) is 0. The first-order valence-electron chi connectivity index (χ1n) is 7.32. The minimum Gasteiger partial charge on any atom is -0.325 e. The molecule has 2 N–H and O–H groups in total. The Labute approximate surface area is 155 Å².